The van der Waals surface area contributed by atoms with E-state index in [1.807, 2.05) is 60.7 Å². The minimum Gasteiger partial charge on any atom is -0.478 e. The van der Waals surface area contributed by atoms with Gasteiger partial charge >= 0.3 is 5.97 Å². The van der Waals surface area contributed by atoms with Gasteiger partial charge in [-0.1, -0.05) is 42.5 Å². The molecule has 0 aliphatic rings. The first kappa shape index (κ1) is 14.1. The highest BCUT2D eigenvalue weighted by Crippen LogP contribution is 2.29. The Hall–Kier alpha value is -3.47. The Bertz CT molecular complexity index is 1030. The van der Waals surface area contributed by atoms with Gasteiger partial charge in [-0.3, -0.25) is 4.98 Å². The average molecular weight is 315 g/mol. The van der Waals surface area contributed by atoms with Crippen molar-refractivity contribution in [2.45, 2.75) is 0 Å². The zero-order valence-electron chi connectivity index (χ0n) is 12.6. The lowest BCUT2D eigenvalue weighted by Gasteiger charge is -2.04. The lowest BCUT2D eigenvalue weighted by atomic mass is 10.0. The van der Waals surface area contributed by atoms with Gasteiger partial charge in [0.1, 0.15) is 11.3 Å². The molecule has 0 radical (unpaired) electrons. The SMILES string of the molecule is O=C(O)c1cn(-c2ccccc2)nc1-c1cccc2cccnc12. The van der Waals surface area contributed by atoms with Crippen LogP contribution in [0.5, 0.6) is 0 Å². The summed E-state index contributed by atoms with van der Waals surface area (Å²) in [5.74, 6) is -1.01. The van der Waals surface area contributed by atoms with Crippen molar-refractivity contribution in [3.05, 3.63) is 78.6 Å². The Labute approximate surface area is 137 Å². The molecular weight excluding hydrogens is 302 g/mol. The summed E-state index contributed by atoms with van der Waals surface area (Å²) >= 11 is 0. The molecule has 0 saturated carbocycles. The first-order valence-electron chi connectivity index (χ1n) is 7.46. The summed E-state index contributed by atoms with van der Waals surface area (Å²) < 4.78 is 1.58. The van der Waals surface area contributed by atoms with E-state index in [9.17, 15) is 9.90 Å². The first-order valence-corrected chi connectivity index (χ1v) is 7.46. The third-order valence-corrected chi connectivity index (χ3v) is 3.85. The lowest BCUT2D eigenvalue weighted by molar-refractivity contribution is 0.0697. The van der Waals surface area contributed by atoms with E-state index >= 15 is 0 Å². The number of hydrogen-bond acceptors (Lipinski definition) is 3. The van der Waals surface area contributed by atoms with E-state index in [-0.39, 0.29) is 5.56 Å². The fourth-order valence-corrected chi connectivity index (χ4v) is 2.74. The van der Waals surface area contributed by atoms with Gasteiger partial charge in [-0.15, -0.1) is 0 Å². The molecule has 1 N–H and O–H groups in total. The standard InChI is InChI=1S/C19H13N3O2/c23-19(24)16-12-22(14-8-2-1-3-9-14)21-18(16)15-10-4-6-13-7-5-11-20-17(13)15/h1-12H,(H,23,24). The molecule has 0 fully saturated rings. The van der Waals surface area contributed by atoms with Crippen molar-refractivity contribution >= 4 is 16.9 Å². The van der Waals surface area contributed by atoms with Gasteiger partial charge in [0.2, 0.25) is 0 Å². The number of aromatic nitrogens is 3. The Balaban J connectivity index is 1.97. The quantitative estimate of drug-likeness (QED) is 0.624. The van der Waals surface area contributed by atoms with Gasteiger partial charge < -0.3 is 5.11 Å². The summed E-state index contributed by atoms with van der Waals surface area (Å²) in [6.07, 6.45) is 3.23. The van der Waals surface area contributed by atoms with Gasteiger partial charge in [0.25, 0.3) is 0 Å². The minimum atomic E-state index is -1.01. The Morgan fingerprint density at radius 3 is 2.54 bits per heavy atom. The van der Waals surface area contributed by atoms with Crippen LogP contribution >= 0.6 is 0 Å². The van der Waals surface area contributed by atoms with Crippen LogP contribution in [-0.4, -0.2) is 25.8 Å². The molecule has 0 saturated heterocycles. The van der Waals surface area contributed by atoms with Gasteiger partial charge in [-0.25, -0.2) is 9.48 Å². The van der Waals surface area contributed by atoms with Crippen molar-refractivity contribution in [2.24, 2.45) is 0 Å². The van der Waals surface area contributed by atoms with Crippen LogP contribution in [0.3, 0.4) is 0 Å². The molecule has 2 aromatic carbocycles. The molecule has 0 amide bonds. The highest BCUT2D eigenvalue weighted by Gasteiger charge is 2.19. The number of rotatable bonds is 3. The Morgan fingerprint density at radius 2 is 1.75 bits per heavy atom. The maximum absolute atomic E-state index is 11.7. The third-order valence-electron chi connectivity index (χ3n) is 3.85. The molecule has 116 valence electrons. The molecule has 0 spiro atoms. The normalized spacial score (nSPS) is 10.8. The van der Waals surface area contributed by atoms with Crippen LogP contribution in [0.15, 0.2) is 73.1 Å². The van der Waals surface area contributed by atoms with Gasteiger partial charge in [-0.2, -0.15) is 5.10 Å². The smallest absolute Gasteiger partial charge is 0.339 e. The van der Waals surface area contributed by atoms with Crippen molar-refractivity contribution in [1.82, 2.24) is 14.8 Å². The van der Waals surface area contributed by atoms with Crippen molar-refractivity contribution in [3.8, 4) is 16.9 Å². The van der Waals surface area contributed by atoms with Crippen LogP contribution < -0.4 is 0 Å². The van der Waals surface area contributed by atoms with E-state index in [1.165, 1.54) is 6.20 Å². The highest BCUT2D eigenvalue weighted by atomic mass is 16.4. The number of para-hydroxylation sites is 2. The second kappa shape index (κ2) is 5.62. The second-order valence-corrected chi connectivity index (χ2v) is 5.36. The number of pyridine rings is 1. The maximum Gasteiger partial charge on any atom is 0.339 e. The highest BCUT2D eigenvalue weighted by molar-refractivity contribution is 6.00. The predicted octanol–water partition coefficient (Wildman–Crippen LogP) is 3.79. The Morgan fingerprint density at radius 1 is 0.958 bits per heavy atom. The number of hydrogen-bond donors (Lipinski definition) is 1. The summed E-state index contributed by atoms with van der Waals surface area (Å²) in [4.78, 5) is 16.1. The molecule has 0 aliphatic heterocycles. The third kappa shape index (κ3) is 2.32. The number of carbonyl (C=O) groups is 1. The van der Waals surface area contributed by atoms with E-state index in [2.05, 4.69) is 10.1 Å². The molecule has 5 heteroatoms. The van der Waals surface area contributed by atoms with Crippen LogP contribution in [0.4, 0.5) is 0 Å². The van der Waals surface area contributed by atoms with Crippen LogP contribution in [0.2, 0.25) is 0 Å². The summed E-state index contributed by atoms with van der Waals surface area (Å²) in [5, 5.41) is 15.0. The number of aromatic carboxylic acids is 1. The van der Waals surface area contributed by atoms with Crippen molar-refractivity contribution in [1.29, 1.82) is 0 Å². The zero-order valence-corrected chi connectivity index (χ0v) is 12.6. The van der Waals surface area contributed by atoms with Crippen molar-refractivity contribution in [3.63, 3.8) is 0 Å². The van der Waals surface area contributed by atoms with Gasteiger partial charge in [0.15, 0.2) is 0 Å². The molecular formula is C19H13N3O2. The molecule has 0 aliphatic carbocycles. The molecule has 2 aromatic heterocycles. The fourth-order valence-electron chi connectivity index (χ4n) is 2.74. The predicted molar refractivity (Wildman–Crippen MR) is 91.3 cm³/mol. The zero-order chi connectivity index (χ0) is 16.5. The van der Waals surface area contributed by atoms with E-state index < -0.39 is 5.97 Å². The first-order chi connectivity index (χ1) is 11.7. The van der Waals surface area contributed by atoms with Gasteiger partial charge in [-0.05, 0) is 18.2 Å². The van der Waals surface area contributed by atoms with E-state index in [0.29, 0.717) is 11.3 Å². The molecule has 24 heavy (non-hydrogen) atoms. The molecule has 0 atom stereocenters. The van der Waals surface area contributed by atoms with Crippen molar-refractivity contribution < 1.29 is 9.90 Å². The van der Waals surface area contributed by atoms with E-state index in [0.717, 1.165) is 16.6 Å². The van der Waals surface area contributed by atoms with Gasteiger partial charge in [0, 0.05) is 23.3 Å². The molecule has 0 bridgehead atoms. The van der Waals surface area contributed by atoms with Crippen LogP contribution in [0.25, 0.3) is 27.8 Å². The van der Waals surface area contributed by atoms with Crippen molar-refractivity contribution in [2.75, 3.05) is 0 Å². The van der Waals surface area contributed by atoms with Gasteiger partial charge in [0.05, 0.1) is 11.2 Å². The van der Waals surface area contributed by atoms with E-state index in [1.54, 1.807) is 10.9 Å². The number of benzene rings is 2. The fraction of sp³-hybridized carbons (Fsp3) is 0. The lowest BCUT2D eigenvalue weighted by Crippen LogP contribution is -1.97. The summed E-state index contributed by atoms with van der Waals surface area (Å²) in [6.45, 7) is 0. The molecule has 2 heterocycles. The monoisotopic (exact) mass is 315 g/mol. The van der Waals surface area contributed by atoms with Crippen LogP contribution in [0, 0.1) is 0 Å². The largest absolute Gasteiger partial charge is 0.478 e. The van der Waals surface area contributed by atoms with Crippen LogP contribution in [0.1, 0.15) is 10.4 Å². The second-order valence-electron chi connectivity index (χ2n) is 5.36. The summed E-state index contributed by atoms with van der Waals surface area (Å²) in [7, 11) is 0. The summed E-state index contributed by atoms with van der Waals surface area (Å²) in [6, 6.07) is 18.9. The number of carboxylic acid groups (broad SMARTS) is 1. The molecule has 4 rings (SSSR count). The number of fused-ring (bicyclic) bond motifs is 1. The average Bonchev–Trinajstić information content (AvgIpc) is 3.07. The molecule has 5 nitrogen and oxygen atoms in total. The topological polar surface area (TPSA) is 68.0 Å². The maximum atomic E-state index is 11.7. The Kier molecular flexibility index (Phi) is 3.31. The van der Waals surface area contributed by atoms with E-state index in [4.69, 9.17) is 0 Å². The number of carboxylic acids is 1. The molecule has 0 unspecified atom stereocenters. The molecule has 4 aromatic rings. The van der Waals surface area contributed by atoms with Crippen LogP contribution in [-0.2, 0) is 0 Å². The summed E-state index contributed by atoms with van der Waals surface area (Å²) in [5.41, 5.74) is 2.81. The minimum absolute atomic E-state index is 0.150. The number of nitrogens with zero attached hydrogens (tertiary/aromatic N) is 3.